The van der Waals surface area contributed by atoms with Crippen LogP contribution in [0.15, 0.2) is 0 Å². The van der Waals surface area contributed by atoms with Crippen molar-refractivity contribution >= 4 is 12.1 Å². The first-order chi connectivity index (χ1) is 12.4. The third-order valence-corrected chi connectivity index (χ3v) is 4.52. The molecule has 0 aromatic rings. The lowest BCUT2D eigenvalue weighted by atomic mass is 9.98. The Morgan fingerprint density at radius 1 is 0.808 bits per heavy atom. The lowest BCUT2D eigenvalue weighted by Gasteiger charge is -2.21. The molecule has 0 bridgehead atoms. The average Bonchev–Trinajstić information content (AvgIpc) is 2.52. The van der Waals surface area contributed by atoms with Crippen molar-refractivity contribution in [3.63, 3.8) is 0 Å². The largest absolute Gasteiger partial charge is 0.444 e. The average molecular weight is 370 g/mol. The molecule has 0 aliphatic heterocycles. The van der Waals surface area contributed by atoms with Gasteiger partial charge in [0, 0.05) is 19.1 Å². The second kappa shape index (κ2) is 12.8. The third-order valence-electron chi connectivity index (χ3n) is 4.52. The Balaban J connectivity index is 2.20. The third kappa shape index (κ3) is 12.8. The van der Waals surface area contributed by atoms with E-state index in [-0.39, 0.29) is 12.1 Å². The standard InChI is InChI=1S/C20H39N3O3/c1-20(2,3)26-19(25)22-16-15-21-18(24)23-17-13-11-9-7-5-4-6-8-10-12-14-17/h17H,4-16H2,1-3H3,(H,22,25)(H2,21,23,24). The smallest absolute Gasteiger partial charge is 0.407 e. The van der Waals surface area contributed by atoms with Crippen LogP contribution >= 0.6 is 0 Å². The Bertz CT molecular complexity index is 396. The zero-order chi connectivity index (χ0) is 19.3. The van der Waals surface area contributed by atoms with Crippen LogP contribution in [0.2, 0.25) is 0 Å². The van der Waals surface area contributed by atoms with E-state index in [1.165, 1.54) is 57.8 Å². The summed E-state index contributed by atoms with van der Waals surface area (Å²) in [6.45, 7) is 6.20. The zero-order valence-electron chi connectivity index (χ0n) is 17.0. The van der Waals surface area contributed by atoms with Crippen molar-refractivity contribution in [1.29, 1.82) is 0 Å². The minimum Gasteiger partial charge on any atom is -0.444 e. The van der Waals surface area contributed by atoms with Crippen LogP contribution in [-0.2, 0) is 4.74 Å². The number of alkyl carbamates (subject to hydrolysis) is 1. The molecule has 152 valence electrons. The number of carbonyl (C=O) groups is 2. The summed E-state index contributed by atoms with van der Waals surface area (Å²) in [5.74, 6) is 0. The van der Waals surface area contributed by atoms with E-state index in [1.807, 2.05) is 20.8 Å². The molecule has 6 heteroatoms. The van der Waals surface area contributed by atoms with Crippen molar-refractivity contribution in [3.05, 3.63) is 0 Å². The van der Waals surface area contributed by atoms with Gasteiger partial charge >= 0.3 is 12.1 Å². The van der Waals surface area contributed by atoms with Gasteiger partial charge in [-0.2, -0.15) is 0 Å². The van der Waals surface area contributed by atoms with Gasteiger partial charge in [0.15, 0.2) is 0 Å². The minimum atomic E-state index is -0.511. The van der Waals surface area contributed by atoms with E-state index in [9.17, 15) is 9.59 Å². The van der Waals surface area contributed by atoms with E-state index in [1.54, 1.807) is 0 Å². The molecule has 3 amide bonds. The molecule has 0 heterocycles. The minimum absolute atomic E-state index is 0.145. The summed E-state index contributed by atoms with van der Waals surface area (Å²) < 4.78 is 5.15. The normalized spacial score (nSPS) is 18.1. The SMILES string of the molecule is CC(C)(C)OC(=O)NCCNC(=O)NC1CCCCCCCCCCC1. The molecular formula is C20H39N3O3. The molecular weight excluding hydrogens is 330 g/mol. The highest BCUT2D eigenvalue weighted by atomic mass is 16.6. The van der Waals surface area contributed by atoms with Crippen molar-refractivity contribution in [2.24, 2.45) is 0 Å². The van der Waals surface area contributed by atoms with E-state index in [2.05, 4.69) is 16.0 Å². The molecule has 0 saturated heterocycles. The summed E-state index contributed by atoms with van der Waals surface area (Å²) in [4.78, 5) is 23.6. The van der Waals surface area contributed by atoms with E-state index in [0.29, 0.717) is 13.1 Å². The van der Waals surface area contributed by atoms with Gasteiger partial charge in [-0.15, -0.1) is 0 Å². The van der Waals surface area contributed by atoms with E-state index >= 15 is 0 Å². The number of rotatable bonds is 4. The Hall–Kier alpha value is -1.46. The Morgan fingerprint density at radius 3 is 1.77 bits per heavy atom. The highest BCUT2D eigenvalue weighted by molar-refractivity contribution is 5.74. The molecule has 6 nitrogen and oxygen atoms in total. The number of ether oxygens (including phenoxy) is 1. The molecule has 3 N–H and O–H groups in total. The van der Waals surface area contributed by atoms with Gasteiger partial charge in [0.1, 0.15) is 5.60 Å². The van der Waals surface area contributed by atoms with Crippen molar-refractivity contribution < 1.29 is 14.3 Å². The summed E-state index contributed by atoms with van der Waals surface area (Å²) in [7, 11) is 0. The van der Waals surface area contributed by atoms with E-state index in [0.717, 1.165) is 12.8 Å². The molecule has 0 unspecified atom stereocenters. The van der Waals surface area contributed by atoms with Gasteiger partial charge in [-0.05, 0) is 33.6 Å². The quantitative estimate of drug-likeness (QED) is 0.639. The fourth-order valence-corrected chi connectivity index (χ4v) is 3.20. The fourth-order valence-electron chi connectivity index (χ4n) is 3.20. The maximum absolute atomic E-state index is 12.1. The van der Waals surface area contributed by atoms with Gasteiger partial charge in [0.2, 0.25) is 0 Å². The summed E-state index contributed by atoms with van der Waals surface area (Å²) >= 11 is 0. The topological polar surface area (TPSA) is 79.5 Å². The van der Waals surface area contributed by atoms with Crippen LogP contribution in [-0.4, -0.2) is 36.9 Å². The Morgan fingerprint density at radius 2 is 1.27 bits per heavy atom. The van der Waals surface area contributed by atoms with E-state index in [4.69, 9.17) is 4.74 Å². The maximum Gasteiger partial charge on any atom is 0.407 e. The molecule has 1 saturated carbocycles. The molecule has 0 radical (unpaired) electrons. The van der Waals surface area contributed by atoms with Crippen molar-refractivity contribution in [2.75, 3.05) is 13.1 Å². The first-order valence-electron chi connectivity index (χ1n) is 10.4. The van der Waals surface area contributed by atoms with Crippen LogP contribution in [0.4, 0.5) is 9.59 Å². The molecule has 1 rings (SSSR count). The molecule has 0 aromatic carbocycles. The number of hydrogen-bond acceptors (Lipinski definition) is 3. The molecule has 1 fully saturated rings. The number of amides is 3. The predicted octanol–water partition coefficient (Wildman–Crippen LogP) is 4.48. The Labute approximate surface area is 159 Å². The summed E-state index contributed by atoms with van der Waals surface area (Å²) in [5, 5.41) is 8.56. The maximum atomic E-state index is 12.1. The molecule has 0 aromatic heterocycles. The monoisotopic (exact) mass is 369 g/mol. The van der Waals surface area contributed by atoms with Gasteiger partial charge < -0.3 is 20.7 Å². The molecule has 1 aliphatic rings. The number of carbonyl (C=O) groups excluding carboxylic acids is 2. The molecule has 26 heavy (non-hydrogen) atoms. The van der Waals surface area contributed by atoms with E-state index < -0.39 is 11.7 Å². The first kappa shape index (κ1) is 22.6. The van der Waals surface area contributed by atoms with Gasteiger partial charge in [-0.1, -0.05) is 57.8 Å². The Kier molecular flexibility index (Phi) is 11.1. The second-order valence-corrected chi connectivity index (χ2v) is 8.29. The summed E-state index contributed by atoms with van der Waals surface area (Å²) in [6.07, 6.45) is 13.3. The van der Waals surface area contributed by atoms with Gasteiger partial charge in [-0.25, -0.2) is 9.59 Å². The zero-order valence-corrected chi connectivity index (χ0v) is 17.0. The number of urea groups is 1. The van der Waals surface area contributed by atoms with Crippen molar-refractivity contribution in [3.8, 4) is 0 Å². The number of hydrogen-bond donors (Lipinski definition) is 3. The van der Waals surface area contributed by atoms with Crippen LogP contribution in [0.5, 0.6) is 0 Å². The highest BCUT2D eigenvalue weighted by Gasteiger charge is 2.16. The second-order valence-electron chi connectivity index (χ2n) is 8.29. The number of nitrogens with one attached hydrogen (secondary N) is 3. The van der Waals surface area contributed by atoms with Gasteiger partial charge in [0.05, 0.1) is 0 Å². The van der Waals surface area contributed by atoms with Gasteiger partial charge in [-0.3, -0.25) is 0 Å². The molecule has 0 spiro atoms. The molecule has 0 atom stereocenters. The predicted molar refractivity (Wildman–Crippen MR) is 105 cm³/mol. The molecule has 1 aliphatic carbocycles. The summed E-state index contributed by atoms with van der Waals surface area (Å²) in [6, 6.07) is 0.112. The van der Waals surface area contributed by atoms with Crippen molar-refractivity contribution in [2.45, 2.75) is 103 Å². The fraction of sp³-hybridized carbons (Fsp3) is 0.900. The highest BCUT2D eigenvalue weighted by Crippen LogP contribution is 2.16. The lowest BCUT2D eigenvalue weighted by Crippen LogP contribution is -2.45. The van der Waals surface area contributed by atoms with Crippen LogP contribution in [0.25, 0.3) is 0 Å². The van der Waals surface area contributed by atoms with Gasteiger partial charge in [0.25, 0.3) is 0 Å². The van der Waals surface area contributed by atoms with Crippen LogP contribution in [0.1, 0.15) is 91.4 Å². The summed E-state index contributed by atoms with van der Waals surface area (Å²) in [5.41, 5.74) is -0.511. The van der Waals surface area contributed by atoms with Crippen LogP contribution in [0, 0.1) is 0 Å². The van der Waals surface area contributed by atoms with Crippen LogP contribution in [0.3, 0.4) is 0 Å². The van der Waals surface area contributed by atoms with Crippen LogP contribution < -0.4 is 16.0 Å². The van der Waals surface area contributed by atoms with Crippen molar-refractivity contribution in [1.82, 2.24) is 16.0 Å². The first-order valence-corrected chi connectivity index (χ1v) is 10.4. The lowest BCUT2D eigenvalue weighted by molar-refractivity contribution is 0.0528.